The third kappa shape index (κ3) is 13.5. The van der Waals surface area contributed by atoms with Gasteiger partial charge in [-0.05, 0) is 165 Å². The predicted octanol–water partition coefficient (Wildman–Crippen LogP) is 9.26. The number of anilines is 4. The molecule has 1 unspecified atom stereocenters. The van der Waals surface area contributed by atoms with Gasteiger partial charge >= 0.3 is 0 Å². The number of rotatable bonds is 10. The van der Waals surface area contributed by atoms with Crippen molar-refractivity contribution in [1.29, 1.82) is 0 Å². The standard InChI is InChI=1S/C18H21N5O3.2C17H19N5O2.C16H17N5O2/c1-11-5-6-15(26-11)16-20-17-14(19)8-12(9-23(17)21-16)18(24)22-7-3-4-13(22)10-25-2;1-10-4-3-7-21(10)17(23)12-8-13(18)16-19-15(20-22(16)9-12)14-6-5-11(2)24-14;1-11-5-6-14(24-11)15-19-16-13(18)9-12(10-22(16)20-15)17(23)21-7-3-2-4-8-21;1-10-4-5-13(23-10)14-18-15-12(17)8-11(9-21(15)19-14)16(22)20-6-2-3-7-20/h5-6,8-9,13H,3-4,7,10,19H2,1-2H3;5-6,8-10H,3-4,7,18H2,1-2H3;5-6,9-10H,2-4,7-8,18H2,1H3;4-5,8-9H,2-3,6-7,17H2,1H3/t13-;;;/m0.../s1. The van der Waals surface area contributed by atoms with Crippen molar-refractivity contribution in [2.24, 2.45) is 0 Å². The topological polar surface area (TPSA) is 368 Å². The number of aryl methyl sites for hydroxylation is 4. The monoisotopic (exact) mass is 1320 g/mol. The highest BCUT2D eigenvalue weighted by atomic mass is 16.5. The molecule has 0 spiro atoms. The third-order valence-electron chi connectivity index (χ3n) is 17.5. The van der Waals surface area contributed by atoms with Crippen molar-refractivity contribution in [3.05, 3.63) is 143 Å². The summed E-state index contributed by atoms with van der Waals surface area (Å²) in [6.45, 7) is 14.7. The molecule has 16 rings (SSSR count). The van der Waals surface area contributed by atoms with E-state index in [4.69, 9.17) is 45.3 Å². The first-order chi connectivity index (χ1) is 46.8. The summed E-state index contributed by atoms with van der Waals surface area (Å²) in [5.74, 6) is 7.16. The summed E-state index contributed by atoms with van der Waals surface area (Å²) < 4.78 is 33.7. The molecule has 29 heteroatoms. The van der Waals surface area contributed by atoms with Gasteiger partial charge in [0.25, 0.3) is 23.6 Å². The summed E-state index contributed by atoms with van der Waals surface area (Å²) in [4.78, 5) is 76.0. The van der Waals surface area contributed by atoms with Crippen molar-refractivity contribution in [1.82, 2.24) is 78.0 Å². The Morgan fingerprint density at radius 2 is 0.732 bits per heavy atom. The number of amides is 4. The number of nitrogen functional groups attached to an aromatic ring is 4. The largest absolute Gasteiger partial charge is 0.458 e. The molecule has 2 atom stereocenters. The minimum Gasteiger partial charge on any atom is -0.458 e. The van der Waals surface area contributed by atoms with Crippen LogP contribution in [0.5, 0.6) is 0 Å². The maximum absolute atomic E-state index is 12.9. The Morgan fingerprint density at radius 3 is 1.04 bits per heavy atom. The SMILES string of the molecule is COC[C@@H]1CCCN1C(=O)c1cc(N)c2nc(-c3ccc(C)o3)nn2c1.Cc1ccc(-c2nc3c(N)cc(C(=O)N4CCCC4)cn3n2)o1.Cc1ccc(-c2nc3c(N)cc(C(=O)N4CCCC4C)cn3n2)o1.Cc1ccc(-c2nc3c(N)cc(C(=O)N4CCCCC4)cn3n2)o1. The van der Waals surface area contributed by atoms with Crippen LogP contribution in [0.4, 0.5) is 22.7 Å². The van der Waals surface area contributed by atoms with Gasteiger partial charge in [0.2, 0.25) is 23.3 Å². The third-order valence-corrected chi connectivity index (χ3v) is 17.5. The van der Waals surface area contributed by atoms with Crippen LogP contribution < -0.4 is 22.9 Å². The fourth-order valence-electron chi connectivity index (χ4n) is 12.6. The second-order valence-electron chi connectivity index (χ2n) is 24.8. The molecule has 0 aromatic carbocycles. The summed E-state index contributed by atoms with van der Waals surface area (Å²) >= 11 is 0. The Hall–Kier alpha value is -11.4. The van der Waals surface area contributed by atoms with E-state index in [2.05, 4.69) is 47.3 Å². The molecule has 4 amide bonds. The number of piperidine rings is 1. The Labute approximate surface area is 555 Å². The number of nitrogens with two attached hydrogens (primary N) is 4. The lowest BCUT2D eigenvalue weighted by Crippen LogP contribution is -2.38. The highest BCUT2D eigenvalue weighted by molar-refractivity contribution is 5.98. The van der Waals surface area contributed by atoms with Crippen LogP contribution in [-0.2, 0) is 4.74 Å². The summed E-state index contributed by atoms with van der Waals surface area (Å²) in [6, 6.07) is 21.7. The van der Waals surface area contributed by atoms with Crippen molar-refractivity contribution in [3.63, 3.8) is 0 Å². The molecule has 0 saturated carbocycles. The zero-order valence-corrected chi connectivity index (χ0v) is 54.8. The summed E-state index contributed by atoms with van der Waals surface area (Å²) in [7, 11) is 1.65. The fourth-order valence-corrected chi connectivity index (χ4v) is 12.6. The second-order valence-corrected chi connectivity index (χ2v) is 24.8. The van der Waals surface area contributed by atoms with E-state index in [9.17, 15) is 19.2 Å². The molecule has 4 saturated heterocycles. The van der Waals surface area contributed by atoms with Gasteiger partial charge < -0.3 is 64.9 Å². The molecule has 12 aromatic rings. The van der Waals surface area contributed by atoms with Crippen molar-refractivity contribution >= 4 is 69.0 Å². The van der Waals surface area contributed by atoms with Crippen molar-refractivity contribution in [3.8, 4) is 46.3 Å². The smallest absolute Gasteiger partial charge is 0.255 e. The van der Waals surface area contributed by atoms with Crippen LogP contribution in [0.1, 0.15) is 129 Å². The second kappa shape index (κ2) is 27.2. The van der Waals surface area contributed by atoms with Gasteiger partial charge in [0.15, 0.2) is 45.6 Å². The van der Waals surface area contributed by atoms with Crippen LogP contribution >= 0.6 is 0 Å². The van der Waals surface area contributed by atoms with E-state index in [-0.39, 0.29) is 35.7 Å². The highest BCUT2D eigenvalue weighted by Crippen LogP contribution is 2.30. The van der Waals surface area contributed by atoms with Crippen LogP contribution in [0, 0.1) is 27.7 Å². The molecule has 12 aromatic heterocycles. The molecule has 4 fully saturated rings. The number of aromatic nitrogens is 12. The number of hydrogen-bond acceptors (Lipinski definition) is 21. The lowest BCUT2D eigenvalue weighted by atomic mass is 10.1. The number of carbonyl (C=O) groups is 4. The Balaban J connectivity index is 0.000000117. The van der Waals surface area contributed by atoms with Gasteiger partial charge in [-0.3, -0.25) is 19.2 Å². The number of furan rings is 4. The first-order valence-corrected chi connectivity index (χ1v) is 32.4. The first-order valence-electron chi connectivity index (χ1n) is 32.4. The van der Waals surface area contributed by atoms with Gasteiger partial charge in [0.05, 0.1) is 57.7 Å². The molecule has 4 aliphatic heterocycles. The number of likely N-dealkylation sites (tertiary alicyclic amines) is 4. The average molecular weight is 1320 g/mol. The number of pyridine rings is 4. The summed E-state index contributed by atoms with van der Waals surface area (Å²) in [5.41, 5.74) is 30.2. The minimum atomic E-state index is -0.0657. The molecule has 0 aliphatic carbocycles. The molecule has 4 aliphatic rings. The number of hydrogen-bond donors (Lipinski definition) is 4. The minimum absolute atomic E-state index is 0.00538. The number of ether oxygens (including phenoxy) is 1. The van der Waals surface area contributed by atoms with E-state index in [1.165, 1.54) is 10.9 Å². The highest BCUT2D eigenvalue weighted by Gasteiger charge is 2.32. The van der Waals surface area contributed by atoms with Crippen LogP contribution in [-0.4, -0.2) is 167 Å². The van der Waals surface area contributed by atoms with E-state index in [1.54, 1.807) is 69.7 Å². The first kappa shape index (κ1) is 64.4. The normalized spacial score (nSPS) is 16.3. The van der Waals surface area contributed by atoms with E-state index in [1.807, 2.05) is 95.8 Å². The quantitative estimate of drug-likeness (QED) is 0.0990. The van der Waals surface area contributed by atoms with Crippen LogP contribution in [0.25, 0.3) is 68.9 Å². The van der Waals surface area contributed by atoms with Crippen LogP contribution in [0.2, 0.25) is 0 Å². The van der Waals surface area contributed by atoms with Crippen molar-refractivity contribution < 1.29 is 41.6 Å². The van der Waals surface area contributed by atoms with Gasteiger partial charge in [0.1, 0.15) is 23.0 Å². The Bertz CT molecular complexity index is 4900. The summed E-state index contributed by atoms with van der Waals surface area (Å²) in [6.07, 6.45) is 16.1. The van der Waals surface area contributed by atoms with Crippen LogP contribution in [0.15, 0.2) is 115 Å². The van der Waals surface area contributed by atoms with Gasteiger partial charge in [-0.25, -0.2) is 38.0 Å². The fraction of sp³-hybridized carbons (Fsp3) is 0.353. The predicted molar refractivity (Wildman–Crippen MR) is 360 cm³/mol. The van der Waals surface area contributed by atoms with Crippen LogP contribution in [0.3, 0.4) is 0 Å². The molecule has 8 N–H and O–H groups in total. The molecule has 0 radical (unpaired) electrons. The Kier molecular flexibility index (Phi) is 18.0. The molecule has 16 heterocycles. The average Bonchev–Trinajstić information content (AvgIpc) is 1.28. The number of methoxy groups -OCH3 is 1. The number of carbonyl (C=O) groups excluding carboxylic acids is 4. The number of fused-ring (bicyclic) bond motifs is 4. The van der Waals surface area contributed by atoms with Gasteiger partial charge in [-0.2, -0.15) is 0 Å². The molecule has 29 nitrogen and oxygen atoms in total. The van der Waals surface area contributed by atoms with Gasteiger partial charge in [-0.15, -0.1) is 20.4 Å². The zero-order chi connectivity index (χ0) is 67.8. The lowest BCUT2D eigenvalue weighted by molar-refractivity contribution is 0.0629. The maximum Gasteiger partial charge on any atom is 0.255 e. The van der Waals surface area contributed by atoms with E-state index >= 15 is 0 Å². The van der Waals surface area contributed by atoms with E-state index in [0.29, 0.717) is 121 Å². The lowest BCUT2D eigenvalue weighted by Gasteiger charge is -2.26. The maximum atomic E-state index is 12.9. The molecule has 0 bridgehead atoms. The van der Waals surface area contributed by atoms with Gasteiger partial charge in [-0.1, -0.05) is 0 Å². The number of nitrogens with zero attached hydrogens (tertiary/aromatic N) is 16. The van der Waals surface area contributed by atoms with Crippen molar-refractivity contribution in [2.75, 3.05) is 75.9 Å². The van der Waals surface area contributed by atoms with Gasteiger partial charge in [0, 0.05) is 77.2 Å². The van der Waals surface area contributed by atoms with Crippen molar-refractivity contribution in [2.45, 2.75) is 104 Å². The summed E-state index contributed by atoms with van der Waals surface area (Å²) in [5, 5.41) is 17.6. The molecule has 97 heavy (non-hydrogen) atoms. The zero-order valence-electron chi connectivity index (χ0n) is 54.8. The Morgan fingerprint density at radius 1 is 0.423 bits per heavy atom. The van der Waals surface area contributed by atoms with E-state index in [0.717, 1.165) is 114 Å². The molecule has 502 valence electrons. The van der Waals surface area contributed by atoms with E-state index < -0.39 is 0 Å². The molecular weight excluding hydrogens is 1240 g/mol. The molecular formula is C68H76N20O9.